The van der Waals surface area contributed by atoms with Gasteiger partial charge in [0.25, 0.3) is 0 Å². The second kappa shape index (κ2) is 5.40. The summed E-state index contributed by atoms with van der Waals surface area (Å²) in [4.78, 5) is 12.8. The van der Waals surface area contributed by atoms with E-state index in [-0.39, 0.29) is 6.04 Å². The van der Waals surface area contributed by atoms with Crippen LogP contribution in [0.2, 0.25) is 0 Å². The van der Waals surface area contributed by atoms with Crippen molar-refractivity contribution < 1.29 is 0 Å². The quantitative estimate of drug-likeness (QED) is 0.838. The fourth-order valence-electron chi connectivity index (χ4n) is 2.52. The van der Waals surface area contributed by atoms with Gasteiger partial charge in [0.15, 0.2) is 0 Å². The van der Waals surface area contributed by atoms with Gasteiger partial charge in [-0.2, -0.15) is 10.4 Å². The first-order chi connectivity index (χ1) is 10.2. The van der Waals surface area contributed by atoms with Crippen molar-refractivity contribution in [1.29, 1.82) is 5.26 Å². The summed E-state index contributed by atoms with van der Waals surface area (Å²) in [7, 11) is 3.93. The Bertz CT molecular complexity index is 670. The van der Waals surface area contributed by atoms with E-state index in [4.69, 9.17) is 5.26 Å². The maximum absolute atomic E-state index is 8.87. The summed E-state index contributed by atoms with van der Waals surface area (Å²) in [5.74, 6) is 1.83. The lowest BCUT2D eigenvalue weighted by molar-refractivity contribution is 0.494. The monoisotopic (exact) mass is 283 g/mol. The van der Waals surface area contributed by atoms with E-state index in [1.807, 2.05) is 29.7 Å². The molecular weight excluding hydrogens is 266 g/mol. The zero-order valence-corrected chi connectivity index (χ0v) is 12.1. The molecule has 0 aliphatic carbocycles. The van der Waals surface area contributed by atoms with Gasteiger partial charge in [-0.1, -0.05) is 0 Å². The van der Waals surface area contributed by atoms with Gasteiger partial charge in [-0.3, -0.25) is 4.68 Å². The molecule has 0 radical (unpaired) electrons. The Kier molecular flexibility index (Phi) is 3.44. The summed E-state index contributed by atoms with van der Waals surface area (Å²) in [6.07, 6.45) is 6.00. The molecular formula is C14H17N7. The predicted octanol–water partition coefficient (Wildman–Crippen LogP) is 1.06. The van der Waals surface area contributed by atoms with Crippen molar-refractivity contribution in [3.63, 3.8) is 0 Å². The summed E-state index contributed by atoms with van der Waals surface area (Å²) < 4.78 is 1.88. The lowest BCUT2D eigenvalue weighted by Gasteiger charge is -2.19. The van der Waals surface area contributed by atoms with E-state index in [1.54, 1.807) is 18.7 Å². The Labute approximate surface area is 123 Å². The lowest BCUT2D eigenvalue weighted by atomic mass is 10.3. The molecule has 3 rings (SSSR count). The van der Waals surface area contributed by atoms with Crippen LogP contribution >= 0.6 is 0 Å². The van der Waals surface area contributed by atoms with Gasteiger partial charge < -0.3 is 9.80 Å². The number of anilines is 2. The van der Waals surface area contributed by atoms with Crippen LogP contribution < -0.4 is 9.80 Å². The zero-order chi connectivity index (χ0) is 14.8. The molecule has 108 valence electrons. The van der Waals surface area contributed by atoms with Gasteiger partial charge in [0.05, 0.1) is 17.8 Å². The summed E-state index contributed by atoms with van der Waals surface area (Å²) >= 11 is 0. The Balaban J connectivity index is 1.75. The lowest BCUT2D eigenvalue weighted by Crippen LogP contribution is -2.23. The second-order valence-electron chi connectivity index (χ2n) is 5.34. The molecule has 1 saturated heterocycles. The minimum Gasteiger partial charge on any atom is -0.363 e. The van der Waals surface area contributed by atoms with Crippen LogP contribution in [0, 0.1) is 11.3 Å². The van der Waals surface area contributed by atoms with E-state index < -0.39 is 0 Å². The first kappa shape index (κ1) is 13.4. The van der Waals surface area contributed by atoms with E-state index in [2.05, 4.69) is 26.0 Å². The van der Waals surface area contributed by atoms with Crippen LogP contribution in [0.15, 0.2) is 24.8 Å². The van der Waals surface area contributed by atoms with Crippen molar-refractivity contribution >= 4 is 11.6 Å². The average Bonchev–Trinajstić information content (AvgIpc) is 3.16. The van der Waals surface area contributed by atoms with Gasteiger partial charge in [-0.15, -0.1) is 0 Å². The van der Waals surface area contributed by atoms with E-state index >= 15 is 0 Å². The van der Waals surface area contributed by atoms with E-state index in [0.717, 1.165) is 31.1 Å². The Morgan fingerprint density at radius 2 is 2.24 bits per heavy atom. The number of nitriles is 1. The second-order valence-corrected chi connectivity index (χ2v) is 5.34. The topological polar surface area (TPSA) is 73.9 Å². The van der Waals surface area contributed by atoms with Crippen LogP contribution in [0.5, 0.6) is 0 Å². The maximum atomic E-state index is 8.87. The van der Waals surface area contributed by atoms with Crippen LogP contribution in [0.25, 0.3) is 0 Å². The molecule has 7 nitrogen and oxygen atoms in total. The van der Waals surface area contributed by atoms with Gasteiger partial charge in [-0.25, -0.2) is 9.97 Å². The number of nitrogens with zero attached hydrogens (tertiary/aromatic N) is 7. The molecule has 1 aliphatic heterocycles. The third-order valence-corrected chi connectivity index (χ3v) is 3.69. The minimum absolute atomic E-state index is 0.282. The maximum Gasteiger partial charge on any atom is 0.134 e. The molecule has 7 heteroatoms. The third-order valence-electron chi connectivity index (χ3n) is 3.69. The number of hydrogen-bond acceptors (Lipinski definition) is 6. The highest BCUT2D eigenvalue weighted by molar-refractivity contribution is 5.49. The summed E-state index contributed by atoms with van der Waals surface area (Å²) in [5.41, 5.74) is 0.602. The predicted molar refractivity (Wildman–Crippen MR) is 79.2 cm³/mol. The molecule has 1 aliphatic rings. The van der Waals surface area contributed by atoms with Crippen molar-refractivity contribution in [3.8, 4) is 6.07 Å². The largest absolute Gasteiger partial charge is 0.363 e. The summed E-state index contributed by atoms with van der Waals surface area (Å²) in [5, 5.41) is 13.1. The molecule has 0 bridgehead atoms. The van der Waals surface area contributed by atoms with Crippen molar-refractivity contribution in [3.05, 3.63) is 30.4 Å². The number of aromatic nitrogens is 4. The molecule has 0 amide bonds. The van der Waals surface area contributed by atoms with Crippen molar-refractivity contribution in [2.24, 2.45) is 0 Å². The number of hydrogen-bond donors (Lipinski definition) is 0. The SMILES string of the molecule is CN(C)c1cc(N2CCC(n3cc(C#N)cn3)C2)ncn1. The molecule has 0 N–H and O–H groups in total. The Morgan fingerprint density at radius 3 is 2.95 bits per heavy atom. The molecule has 1 fully saturated rings. The highest BCUT2D eigenvalue weighted by Gasteiger charge is 2.25. The molecule has 2 aromatic rings. The van der Waals surface area contributed by atoms with Gasteiger partial charge in [0.1, 0.15) is 24.0 Å². The van der Waals surface area contributed by atoms with E-state index in [9.17, 15) is 0 Å². The first-order valence-electron chi connectivity index (χ1n) is 6.86. The fraction of sp³-hybridized carbons (Fsp3) is 0.429. The van der Waals surface area contributed by atoms with E-state index in [1.165, 1.54) is 0 Å². The standard InChI is InChI=1S/C14H17N7/c1-19(2)13-5-14(17-10-16-13)20-4-3-12(9-20)21-8-11(6-15)7-18-21/h5,7-8,10,12H,3-4,9H2,1-2H3. The molecule has 0 saturated carbocycles. The normalized spacial score (nSPS) is 17.8. The van der Waals surface area contributed by atoms with Crippen LogP contribution in [0.1, 0.15) is 18.0 Å². The number of rotatable bonds is 3. The zero-order valence-electron chi connectivity index (χ0n) is 12.1. The van der Waals surface area contributed by atoms with Crippen molar-refractivity contribution in [2.45, 2.75) is 12.5 Å². The first-order valence-corrected chi connectivity index (χ1v) is 6.86. The Morgan fingerprint density at radius 1 is 1.38 bits per heavy atom. The molecule has 1 unspecified atom stereocenters. The smallest absolute Gasteiger partial charge is 0.134 e. The Hall–Kier alpha value is -2.62. The molecule has 21 heavy (non-hydrogen) atoms. The van der Waals surface area contributed by atoms with Crippen molar-refractivity contribution in [1.82, 2.24) is 19.7 Å². The summed E-state index contributed by atoms with van der Waals surface area (Å²) in [6.45, 7) is 1.77. The van der Waals surface area contributed by atoms with Gasteiger partial charge in [0.2, 0.25) is 0 Å². The minimum atomic E-state index is 0.282. The molecule has 0 aromatic carbocycles. The molecule has 0 spiro atoms. The molecule has 3 heterocycles. The van der Waals surface area contributed by atoms with Gasteiger partial charge in [0, 0.05) is 39.4 Å². The van der Waals surface area contributed by atoms with Crippen LogP contribution in [0.4, 0.5) is 11.6 Å². The van der Waals surface area contributed by atoms with Crippen LogP contribution in [-0.2, 0) is 0 Å². The fourth-order valence-corrected chi connectivity index (χ4v) is 2.52. The highest BCUT2D eigenvalue weighted by Crippen LogP contribution is 2.26. The van der Waals surface area contributed by atoms with Crippen molar-refractivity contribution in [2.75, 3.05) is 37.0 Å². The van der Waals surface area contributed by atoms with Gasteiger partial charge in [-0.05, 0) is 6.42 Å². The summed E-state index contributed by atoms with van der Waals surface area (Å²) in [6, 6.07) is 4.39. The van der Waals surface area contributed by atoms with E-state index in [0.29, 0.717) is 5.56 Å². The third kappa shape index (κ3) is 2.65. The van der Waals surface area contributed by atoms with Gasteiger partial charge >= 0.3 is 0 Å². The molecule has 2 aromatic heterocycles. The van der Waals surface area contributed by atoms with Crippen LogP contribution in [-0.4, -0.2) is 46.9 Å². The molecule has 1 atom stereocenters. The highest BCUT2D eigenvalue weighted by atomic mass is 15.3. The van der Waals surface area contributed by atoms with Crippen LogP contribution in [0.3, 0.4) is 0 Å². The average molecular weight is 283 g/mol.